The number of hydrogen-bond donors (Lipinski definition) is 0. The van der Waals surface area contributed by atoms with Crippen LogP contribution in [0.3, 0.4) is 0 Å². The molecule has 0 atom stereocenters. The molecule has 0 unspecified atom stereocenters. The summed E-state index contributed by atoms with van der Waals surface area (Å²) in [6.07, 6.45) is 4.38. The first-order valence-electron chi connectivity index (χ1n) is 23.2. The molecule has 71 heavy (non-hydrogen) atoms. The first-order chi connectivity index (χ1) is 34.0. The van der Waals surface area contributed by atoms with Gasteiger partial charge in [0, 0.05) is 17.9 Å². The minimum atomic E-state index is -0.619. The summed E-state index contributed by atoms with van der Waals surface area (Å²) in [4.78, 5) is 89.5. The van der Waals surface area contributed by atoms with Crippen molar-refractivity contribution in [2.75, 3.05) is 19.8 Å². The molecule has 2 aliphatic carbocycles. The third-order valence-electron chi connectivity index (χ3n) is 12.0. The molecule has 1 heterocycles. The molecule has 0 radical (unpaired) electrons. The molecule has 0 spiro atoms. The van der Waals surface area contributed by atoms with Crippen molar-refractivity contribution >= 4 is 65.3 Å². The average Bonchev–Trinajstić information content (AvgIpc) is 3.83. The van der Waals surface area contributed by atoms with Gasteiger partial charge in [-0.1, -0.05) is 73.8 Å². The van der Waals surface area contributed by atoms with Gasteiger partial charge in [0.1, 0.15) is 40.7 Å². The Morgan fingerprint density at radius 1 is 0.606 bits per heavy atom. The van der Waals surface area contributed by atoms with E-state index >= 15 is 0 Å². The number of carbonyl (C=O) groups excluding carboxylic acids is 7. The highest BCUT2D eigenvalue weighted by atomic mass is 32.2. The van der Waals surface area contributed by atoms with Crippen LogP contribution in [0.25, 0.3) is 0 Å². The van der Waals surface area contributed by atoms with Crippen LogP contribution in [-0.2, 0) is 54.2 Å². The number of fused-ring (bicyclic) bond motifs is 1. The first-order valence-corrected chi connectivity index (χ1v) is 24.9. The molecule has 0 N–H and O–H groups in total. The SMILES string of the molecule is C=CC(=O)OCC(C)(C)COC(=O)CCC(=O)OCCc1ccc(OC(=O)C2CCC(C(=O)Oc3ccc(OC(=O)C4CCC(C(=O)Oc5ccc(C)cc5)CC4)c4c3SC(=C(C#N)C#N)S4)CC2)cc1. The van der Waals surface area contributed by atoms with Gasteiger partial charge in [-0.15, -0.1) is 0 Å². The lowest BCUT2D eigenvalue weighted by atomic mass is 9.82. The lowest BCUT2D eigenvalue weighted by molar-refractivity contribution is -0.154. The quantitative estimate of drug-likeness (QED) is 0.0358. The van der Waals surface area contributed by atoms with Crippen molar-refractivity contribution in [3.8, 4) is 35.1 Å². The van der Waals surface area contributed by atoms with Gasteiger partial charge in [0.25, 0.3) is 0 Å². The smallest absolute Gasteiger partial charge is 0.330 e. The molecular formula is C53H54N2O14S2. The van der Waals surface area contributed by atoms with Crippen LogP contribution in [0, 0.1) is 58.7 Å². The zero-order valence-electron chi connectivity index (χ0n) is 39.7. The number of thioether (sulfide) groups is 2. The van der Waals surface area contributed by atoms with E-state index in [4.69, 9.17) is 33.2 Å². The van der Waals surface area contributed by atoms with Crippen molar-refractivity contribution in [1.29, 1.82) is 10.5 Å². The molecule has 3 aromatic carbocycles. The highest BCUT2D eigenvalue weighted by molar-refractivity contribution is 8.24. The maximum atomic E-state index is 13.6. The lowest BCUT2D eigenvalue weighted by Crippen LogP contribution is -2.30. The van der Waals surface area contributed by atoms with E-state index in [0.29, 0.717) is 83.3 Å². The molecular weight excluding hydrogens is 953 g/mol. The van der Waals surface area contributed by atoms with Crippen molar-refractivity contribution in [2.24, 2.45) is 29.1 Å². The fraction of sp³-hybridized carbons (Fsp3) is 0.415. The van der Waals surface area contributed by atoms with E-state index in [1.165, 1.54) is 12.1 Å². The minimum absolute atomic E-state index is 0.00206. The second-order valence-corrected chi connectivity index (χ2v) is 20.5. The monoisotopic (exact) mass is 1010 g/mol. The van der Waals surface area contributed by atoms with Gasteiger partial charge in [0.2, 0.25) is 0 Å². The van der Waals surface area contributed by atoms with Gasteiger partial charge in [-0.3, -0.25) is 28.8 Å². The Hall–Kier alpha value is -6.89. The second kappa shape index (κ2) is 25.3. The summed E-state index contributed by atoms with van der Waals surface area (Å²) in [5, 5.41) is 19.3. The van der Waals surface area contributed by atoms with E-state index in [2.05, 4.69) is 6.58 Å². The zero-order chi connectivity index (χ0) is 51.1. The fourth-order valence-corrected chi connectivity index (χ4v) is 10.3. The molecule has 0 saturated heterocycles. The van der Waals surface area contributed by atoms with Crippen LogP contribution in [0.15, 0.2) is 92.9 Å². The van der Waals surface area contributed by atoms with Crippen molar-refractivity contribution in [3.05, 3.63) is 94.3 Å². The van der Waals surface area contributed by atoms with Crippen LogP contribution in [0.2, 0.25) is 0 Å². The Balaban J connectivity index is 0.931. The Morgan fingerprint density at radius 3 is 1.45 bits per heavy atom. The van der Waals surface area contributed by atoms with Crippen molar-refractivity contribution in [1.82, 2.24) is 0 Å². The fourth-order valence-electron chi connectivity index (χ4n) is 7.82. The van der Waals surface area contributed by atoms with E-state index in [0.717, 1.165) is 40.7 Å². The molecule has 2 fully saturated rings. The number of hydrogen-bond acceptors (Lipinski definition) is 18. The molecule has 0 amide bonds. The summed E-state index contributed by atoms with van der Waals surface area (Å²) in [6.45, 7) is 8.91. The third kappa shape index (κ3) is 15.6. The number of ether oxygens (including phenoxy) is 7. The number of rotatable bonds is 19. The van der Waals surface area contributed by atoms with Crippen molar-refractivity contribution in [3.63, 3.8) is 0 Å². The first kappa shape index (κ1) is 53.5. The maximum Gasteiger partial charge on any atom is 0.330 e. The van der Waals surface area contributed by atoms with E-state index in [1.54, 1.807) is 50.2 Å². The van der Waals surface area contributed by atoms with Crippen LogP contribution in [0.4, 0.5) is 0 Å². The molecule has 0 bridgehead atoms. The Kier molecular flexibility index (Phi) is 19.0. The standard InChI is InChI=1S/C53H54N2O14S2/c1-5-43(56)64-30-53(3,4)31-65-45(58)25-24-44(57)63-27-26-33-8-20-40(21-9-33)67-49(60)35-12-16-37(17-13-35)51(62)69-42-23-22-41(46-47(42)71-52(70-46)38(28-54)29-55)68-50(61)36-14-10-34(11-15-36)48(59)66-39-18-6-32(2)7-19-39/h5-9,18-23,34-37H,1,10-17,24-27,30-31H2,2-4H3. The number of carbonyl (C=O) groups is 7. The predicted molar refractivity (Wildman–Crippen MR) is 257 cm³/mol. The molecule has 6 rings (SSSR count). The van der Waals surface area contributed by atoms with Gasteiger partial charge >= 0.3 is 41.8 Å². The number of nitriles is 2. The van der Waals surface area contributed by atoms with Gasteiger partial charge in [0.15, 0.2) is 0 Å². The number of benzene rings is 3. The zero-order valence-corrected chi connectivity index (χ0v) is 41.3. The summed E-state index contributed by atoms with van der Waals surface area (Å²) in [7, 11) is 0. The molecule has 1 aliphatic heterocycles. The number of esters is 7. The molecule has 372 valence electrons. The van der Waals surface area contributed by atoms with Gasteiger partial charge in [-0.25, -0.2) is 4.79 Å². The summed E-state index contributed by atoms with van der Waals surface area (Å²) in [5.41, 5.74) is 1.11. The summed E-state index contributed by atoms with van der Waals surface area (Å²) in [5.74, 6) is -4.04. The Bertz CT molecular complexity index is 2600. The van der Waals surface area contributed by atoms with Crippen molar-refractivity contribution < 1.29 is 66.7 Å². The van der Waals surface area contributed by atoms with Gasteiger partial charge in [0.05, 0.1) is 70.4 Å². The molecule has 2 saturated carbocycles. The van der Waals surface area contributed by atoms with Gasteiger partial charge in [-0.05, 0) is 100 Å². The van der Waals surface area contributed by atoms with Crippen LogP contribution in [-0.4, -0.2) is 61.6 Å². The predicted octanol–water partition coefficient (Wildman–Crippen LogP) is 9.25. The number of aryl methyl sites for hydroxylation is 1. The summed E-state index contributed by atoms with van der Waals surface area (Å²) in [6, 6.07) is 20.8. The second-order valence-electron chi connectivity index (χ2n) is 18.2. The highest BCUT2D eigenvalue weighted by Crippen LogP contribution is 2.59. The third-order valence-corrected chi connectivity index (χ3v) is 14.7. The summed E-state index contributed by atoms with van der Waals surface area (Å²) < 4.78 is 38.9. The topological polar surface area (TPSA) is 232 Å². The number of nitrogens with zero attached hydrogens (tertiary/aromatic N) is 2. The Labute approximate surface area is 420 Å². The molecule has 16 nitrogen and oxygen atoms in total. The Morgan fingerprint density at radius 2 is 1.01 bits per heavy atom. The summed E-state index contributed by atoms with van der Waals surface area (Å²) >= 11 is 2.16. The van der Waals surface area contributed by atoms with Crippen LogP contribution in [0.5, 0.6) is 23.0 Å². The van der Waals surface area contributed by atoms with Crippen LogP contribution in [0.1, 0.15) is 89.2 Å². The number of allylic oxidation sites excluding steroid dienone is 1. The van der Waals surface area contributed by atoms with Crippen LogP contribution < -0.4 is 18.9 Å². The molecule has 3 aliphatic rings. The van der Waals surface area contributed by atoms with E-state index in [-0.39, 0.29) is 61.6 Å². The van der Waals surface area contributed by atoms with E-state index in [1.807, 2.05) is 31.2 Å². The van der Waals surface area contributed by atoms with E-state index in [9.17, 15) is 44.1 Å². The van der Waals surface area contributed by atoms with E-state index < -0.39 is 59.0 Å². The van der Waals surface area contributed by atoms with Gasteiger partial charge in [-0.2, -0.15) is 10.5 Å². The molecule has 3 aromatic rings. The average molecular weight is 1010 g/mol. The molecule has 0 aromatic heterocycles. The highest BCUT2D eigenvalue weighted by Gasteiger charge is 2.37. The van der Waals surface area contributed by atoms with Crippen LogP contribution >= 0.6 is 23.5 Å². The minimum Gasteiger partial charge on any atom is -0.465 e. The lowest BCUT2D eigenvalue weighted by Gasteiger charge is -2.26. The largest absolute Gasteiger partial charge is 0.465 e. The maximum absolute atomic E-state index is 13.6. The normalized spacial score (nSPS) is 18.2. The molecule has 18 heteroatoms. The van der Waals surface area contributed by atoms with Gasteiger partial charge < -0.3 is 33.2 Å². The van der Waals surface area contributed by atoms with Crippen molar-refractivity contribution in [2.45, 2.75) is 101 Å².